The largest absolute Gasteiger partial charge is 0.310 e. The Balaban J connectivity index is 2.16. The van der Waals surface area contributed by atoms with Gasteiger partial charge in [-0.1, -0.05) is 36.9 Å². The van der Waals surface area contributed by atoms with Gasteiger partial charge in [-0.2, -0.15) is 0 Å². The molecule has 0 spiro atoms. The van der Waals surface area contributed by atoms with Crippen molar-refractivity contribution in [3.8, 4) is 0 Å². The van der Waals surface area contributed by atoms with Crippen LogP contribution in [0.15, 0.2) is 30.8 Å². The van der Waals surface area contributed by atoms with Crippen LogP contribution in [0.1, 0.15) is 30.0 Å². The molecule has 1 heteroatoms. The Hall–Kier alpha value is -1.08. The Morgan fingerprint density at radius 1 is 1.31 bits per heavy atom. The van der Waals surface area contributed by atoms with Crippen molar-refractivity contribution in [1.29, 1.82) is 0 Å². The van der Waals surface area contributed by atoms with Gasteiger partial charge in [0.1, 0.15) is 0 Å². The van der Waals surface area contributed by atoms with Gasteiger partial charge in [-0.25, -0.2) is 0 Å². The summed E-state index contributed by atoms with van der Waals surface area (Å²) in [6, 6.07) is 9.23. The molecular weight excluding hydrogens is 158 g/mol. The maximum Gasteiger partial charge on any atom is 0.0320 e. The molecule has 0 aliphatic carbocycles. The van der Waals surface area contributed by atoms with Gasteiger partial charge in [0.25, 0.3) is 0 Å². The molecule has 2 rings (SSSR count). The van der Waals surface area contributed by atoms with Crippen molar-refractivity contribution in [1.82, 2.24) is 5.32 Å². The summed E-state index contributed by atoms with van der Waals surface area (Å²) in [6.45, 7) is 4.90. The second kappa shape index (κ2) is 3.75. The molecule has 0 bridgehead atoms. The van der Waals surface area contributed by atoms with E-state index in [9.17, 15) is 0 Å². The zero-order valence-corrected chi connectivity index (χ0v) is 7.79. The van der Waals surface area contributed by atoms with Crippen LogP contribution < -0.4 is 5.32 Å². The van der Waals surface area contributed by atoms with E-state index in [0.717, 1.165) is 6.54 Å². The van der Waals surface area contributed by atoms with E-state index in [1.165, 1.54) is 24.0 Å². The summed E-state index contributed by atoms with van der Waals surface area (Å²) in [5.41, 5.74) is 2.60. The maximum absolute atomic E-state index is 3.74. The van der Waals surface area contributed by atoms with E-state index in [-0.39, 0.29) is 0 Å². The Morgan fingerprint density at radius 2 is 2.08 bits per heavy atom. The van der Waals surface area contributed by atoms with Crippen molar-refractivity contribution >= 4 is 6.08 Å². The average molecular weight is 173 g/mol. The molecule has 1 fully saturated rings. The molecule has 0 aromatic heterocycles. The molecule has 1 N–H and O–H groups in total. The maximum atomic E-state index is 3.74. The van der Waals surface area contributed by atoms with E-state index < -0.39 is 0 Å². The summed E-state index contributed by atoms with van der Waals surface area (Å²) in [7, 11) is 0. The highest BCUT2D eigenvalue weighted by atomic mass is 14.9. The van der Waals surface area contributed by atoms with E-state index in [1.807, 2.05) is 6.08 Å². The monoisotopic (exact) mass is 173 g/mol. The van der Waals surface area contributed by atoms with Crippen molar-refractivity contribution in [2.75, 3.05) is 6.54 Å². The van der Waals surface area contributed by atoms with Crippen LogP contribution in [0, 0.1) is 0 Å². The van der Waals surface area contributed by atoms with Gasteiger partial charge < -0.3 is 5.32 Å². The molecule has 0 saturated carbocycles. The van der Waals surface area contributed by atoms with Crippen LogP contribution in [0.25, 0.3) is 6.08 Å². The highest BCUT2D eigenvalue weighted by molar-refractivity contribution is 5.47. The lowest BCUT2D eigenvalue weighted by Crippen LogP contribution is -2.12. The average Bonchev–Trinajstić information content (AvgIpc) is 2.71. The third-order valence-electron chi connectivity index (χ3n) is 2.63. The van der Waals surface area contributed by atoms with Gasteiger partial charge in [0.05, 0.1) is 0 Å². The second-order valence-electron chi connectivity index (χ2n) is 3.52. The van der Waals surface area contributed by atoms with Crippen LogP contribution >= 0.6 is 0 Å². The molecule has 1 heterocycles. The Bertz CT molecular complexity index is 280. The molecule has 68 valence electrons. The number of nitrogens with one attached hydrogen (secondary N) is 1. The first-order valence-corrected chi connectivity index (χ1v) is 4.86. The fraction of sp³-hybridized carbons (Fsp3) is 0.333. The van der Waals surface area contributed by atoms with Crippen molar-refractivity contribution in [2.24, 2.45) is 0 Å². The van der Waals surface area contributed by atoms with Gasteiger partial charge in [0.2, 0.25) is 0 Å². The fourth-order valence-corrected chi connectivity index (χ4v) is 1.83. The van der Waals surface area contributed by atoms with E-state index >= 15 is 0 Å². The molecule has 1 aliphatic rings. The standard InChI is InChI=1S/C12H15N/c1-2-10-5-7-11(8-6-10)12-4-3-9-13-12/h2,5-8,12-13H,1,3-4,9H2. The van der Waals surface area contributed by atoms with Crippen LogP contribution in [-0.4, -0.2) is 6.54 Å². The van der Waals surface area contributed by atoms with Gasteiger partial charge in [0, 0.05) is 6.04 Å². The summed E-state index contributed by atoms with van der Waals surface area (Å²) in [5, 5.41) is 3.48. The zero-order valence-electron chi connectivity index (χ0n) is 7.79. The summed E-state index contributed by atoms with van der Waals surface area (Å²) in [6.07, 6.45) is 4.45. The van der Waals surface area contributed by atoms with E-state index in [1.54, 1.807) is 0 Å². The lowest BCUT2D eigenvalue weighted by Gasteiger charge is -2.10. The first-order chi connectivity index (χ1) is 6.40. The Kier molecular flexibility index (Phi) is 2.46. The SMILES string of the molecule is C=Cc1ccc(C2CCCN2)cc1. The minimum absolute atomic E-state index is 0.582. The predicted octanol–water partition coefficient (Wildman–Crippen LogP) is 2.75. The molecule has 1 saturated heterocycles. The third kappa shape index (κ3) is 1.81. The number of hydrogen-bond acceptors (Lipinski definition) is 1. The third-order valence-corrected chi connectivity index (χ3v) is 2.63. The molecule has 1 aromatic carbocycles. The first kappa shape index (κ1) is 8.52. The van der Waals surface area contributed by atoms with Crippen molar-refractivity contribution in [3.05, 3.63) is 42.0 Å². The highest BCUT2D eigenvalue weighted by Gasteiger charge is 2.15. The number of rotatable bonds is 2. The van der Waals surface area contributed by atoms with Crippen LogP contribution in [0.2, 0.25) is 0 Å². The van der Waals surface area contributed by atoms with Crippen LogP contribution in [0.3, 0.4) is 0 Å². The Labute approximate surface area is 79.5 Å². The summed E-state index contributed by atoms with van der Waals surface area (Å²) in [4.78, 5) is 0. The molecular formula is C12H15N. The normalized spacial score (nSPS) is 21.7. The lowest BCUT2D eigenvalue weighted by atomic mass is 10.0. The molecule has 0 amide bonds. The van der Waals surface area contributed by atoms with Crippen molar-refractivity contribution < 1.29 is 0 Å². The smallest absolute Gasteiger partial charge is 0.0320 e. The van der Waals surface area contributed by atoms with E-state index in [4.69, 9.17) is 0 Å². The minimum atomic E-state index is 0.582. The highest BCUT2D eigenvalue weighted by Crippen LogP contribution is 2.22. The number of hydrogen-bond donors (Lipinski definition) is 1. The molecule has 1 atom stereocenters. The molecule has 1 aromatic rings. The molecule has 0 radical (unpaired) electrons. The summed E-state index contributed by atoms with van der Waals surface area (Å²) >= 11 is 0. The first-order valence-electron chi connectivity index (χ1n) is 4.86. The molecule has 1 unspecified atom stereocenters. The predicted molar refractivity (Wildman–Crippen MR) is 56.5 cm³/mol. The van der Waals surface area contributed by atoms with Gasteiger partial charge in [-0.3, -0.25) is 0 Å². The van der Waals surface area contributed by atoms with Crippen molar-refractivity contribution in [3.63, 3.8) is 0 Å². The van der Waals surface area contributed by atoms with Gasteiger partial charge in [-0.15, -0.1) is 0 Å². The van der Waals surface area contributed by atoms with E-state index in [2.05, 4.69) is 36.2 Å². The van der Waals surface area contributed by atoms with Crippen molar-refractivity contribution in [2.45, 2.75) is 18.9 Å². The Morgan fingerprint density at radius 3 is 2.62 bits per heavy atom. The lowest BCUT2D eigenvalue weighted by molar-refractivity contribution is 0.648. The van der Waals surface area contributed by atoms with E-state index in [0.29, 0.717) is 6.04 Å². The van der Waals surface area contributed by atoms with Crippen LogP contribution in [-0.2, 0) is 0 Å². The summed E-state index contributed by atoms with van der Waals surface area (Å²) in [5.74, 6) is 0. The topological polar surface area (TPSA) is 12.0 Å². The fourth-order valence-electron chi connectivity index (χ4n) is 1.83. The minimum Gasteiger partial charge on any atom is -0.310 e. The van der Waals surface area contributed by atoms with Gasteiger partial charge >= 0.3 is 0 Å². The quantitative estimate of drug-likeness (QED) is 0.725. The van der Waals surface area contributed by atoms with Crippen LogP contribution in [0.5, 0.6) is 0 Å². The molecule has 13 heavy (non-hydrogen) atoms. The van der Waals surface area contributed by atoms with Gasteiger partial charge in [0.15, 0.2) is 0 Å². The summed E-state index contributed by atoms with van der Waals surface area (Å²) < 4.78 is 0. The molecule has 1 nitrogen and oxygen atoms in total. The zero-order chi connectivity index (χ0) is 9.10. The van der Waals surface area contributed by atoms with Gasteiger partial charge in [-0.05, 0) is 30.5 Å². The van der Waals surface area contributed by atoms with Crippen LogP contribution in [0.4, 0.5) is 0 Å². The second-order valence-corrected chi connectivity index (χ2v) is 3.52. The molecule has 1 aliphatic heterocycles. The number of benzene rings is 1.